The molecule has 96 valence electrons. The van der Waals surface area contributed by atoms with E-state index >= 15 is 0 Å². The fourth-order valence-corrected chi connectivity index (χ4v) is 3.77. The number of aromatic nitrogens is 3. The standard InChI is InChI=1S/C12H8FN3S3/c13-9-3-1-8(2-4-9)11-15-10(5-17-11)6-18-12-16-14-7-19-12/h1-5,7H,6H2. The number of thiazole rings is 1. The predicted octanol–water partition coefficient (Wildman–Crippen LogP) is 4.09. The minimum atomic E-state index is -0.229. The summed E-state index contributed by atoms with van der Waals surface area (Å²) in [5, 5.41) is 10.7. The van der Waals surface area contributed by atoms with Crippen LogP contribution in [0.2, 0.25) is 0 Å². The third-order valence-corrected chi connectivity index (χ3v) is 5.16. The molecule has 0 radical (unpaired) electrons. The molecule has 3 rings (SSSR count). The maximum absolute atomic E-state index is 12.9. The van der Waals surface area contributed by atoms with Crippen LogP contribution in [0, 0.1) is 5.82 Å². The monoisotopic (exact) mass is 309 g/mol. The molecule has 2 aromatic heterocycles. The highest BCUT2D eigenvalue weighted by Crippen LogP contribution is 2.28. The van der Waals surface area contributed by atoms with Crippen molar-refractivity contribution in [3.63, 3.8) is 0 Å². The Morgan fingerprint density at radius 2 is 2.00 bits per heavy atom. The molecule has 0 fully saturated rings. The zero-order valence-corrected chi connectivity index (χ0v) is 12.1. The molecule has 2 heterocycles. The van der Waals surface area contributed by atoms with Crippen LogP contribution in [-0.4, -0.2) is 15.2 Å². The Morgan fingerprint density at radius 1 is 1.16 bits per heavy atom. The first kappa shape index (κ1) is 12.7. The zero-order chi connectivity index (χ0) is 13.1. The Morgan fingerprint density at radius 3 is 2.74 bits per heavy atom. The maximum Gasteiger partial charge on any atom is 0.174 e. The zero-order valence-electron chi connectivity index (χ0n) is 9.62. The van der Waals surface area contributed by atoms with Gasteiger partial charge in [-0.15, -0.1) is 21.5 Å². The van der Waals surface area contributed by atoms with Crippen molar-refractivity contribution >= 4 is 34.4 Å². The van der Waals surface area contributed by atoms with E-state index in [-0.39, 0.29) is 5.82 Å². The van der Waals surface area contributed by atoms with Crippen LogP contribution in [0.4, 0.5) is 4.39 Å². The number of thioether (sulfide) groups is 1. The van der Waals surface area contributed by atoms with Crippen molar-refractivity contribution in [3.05, 3.63) is 46.7 Å². The second kappa shape index (κ2) is 5.77. The topological polar surface area (TPSA) is 38.7 Å². The third kappa shape index (κ3) is 3.17. The summed E-state index contributed by atoms with van der Waals surface area (Å²) in [5.74, 6) is 0.541. The van der Waals surface area contributed by atoms with Gasteiger partial charge in [0.2, 0.25) is 0 Å². The van der Waals surface area contributed by atoms with E-state index in [1.54, 1.807) is 40.7 Å². The summed E-state index contributed by atoms with van der Waals surface area (Å²) in [6.07, 6.45) is 0. The van der Waals surface area contributed by atoms with E-state index in [2.05, 4.69) is 15.2 Å². The molecule has 3 aromatic rings. The average Bonchev–Trinajstić information content (AvgIpc) is 3.09. The molecule has 7 heteroatoms. The van der Waals surface area contributed by atoms with Crippen LogP contribution in [0.25, 0.3) is 10.6 Å². The quantitative estimate of drug-likeness (QED) is 0.680. The minimum absolute atomic E-state index is 0.229. The molecule has 0 aliphatic heterocycles. The van der Waals surface area contributed by atoms with Gasteiger partial charge >= 0.3 is 0 Å². The summed E-state index contributed by atoms with van der Waals surface area (Å²) in [5.41, 5.74) is 3.66. The van der Waals surface area contributed by atoms with Gasteiger partial charge in [0.15, 0.2) is 4.34 Å². The van der Waals surface area contributed by atoms with Crippen molar-refractivity contribution in [1.82, 2.24) is 15.2 Å². The molecule has 0 bridgehead atoms. The lowest BCUT2D eigenvalue weighted by atomic mass is 10.2. The lowest BCUT2D eigenvalue weighted by Gasteiger charge is -1.95. The number of halogens is 1. The molecule has 0 atom stereocenters. The van der Waals surface area contributed by atoms with Gasteiger partial charge in [0.05, 0.1) is 5.69 Å². The van der Waals surface area contributed by atoms with Gasteiger partial charge in [0.25, 0.3) is 0 Å². The molecule has 0 spiro atoms. The highest BCUT2D eigenvalue weighted by molar-refractivity contribution is 8.00. The number of benzene rings is 1. The van der Waals surface area contributed by atoms with Crippen LogP contribution < -0.4 is 0 Å². The van der Waals surface area contributed by atoms with Gasteiger partial charge in [-0.05, 0) is 24.3 Å². The van der Waals surface area contributed by atoms with Crippen molar-refractivity contribution in [2.45, 2.75) is 10.1 Å². The van der Waals surface area contributed by atoms with Crippen molar-refractivity contribution in [1.29, 1.82) is 0 Å². The highest BCUT2D eigenvalue weighted by Gasteiger charge is 2.06. The van der Waals surface area contributed by atoms with Crippen LogP contribution >= 0.6 is 34.4 Å². The molecular formula is C12H8FN3S3. The second-order valence-corrected chi connectivity index (χ2v) is 6.56. The maximum atomic E-state index is 12.9. The molecule has 19 heavy (non-hydrogen) atoms. The summed E-state index contributed by atoms with van der Waals surface area (Å²) < 4.78 is 13.8. The fraction of sp³-hybridized carbons (Fsp3) is 0.0833. The summed E-state index contributed by atoms with van der Waals surface area (Å²) in [6, 6.07) is 6.39. The van der Waals surface area contributed by atoms with Gasteiger partial charge in [0.1, 0.15) is 16.3 Å². The van der Waals surface area contributed by atoms with Crippen molar-refractivity contribution in [3.8, 4) is 10.6 Å². The molecule has 1 aromatic carbocycles. The number of hydrogen-bond acceptors (Lipinski definition) is 6. The summed E-state index contributed by atoms with van der Waals surface area (Å²) in [6.45, 7) is 0. The summed E-state index contributed by atoms with van der Waals surface area (Å²) >= 11 is 4.71. The van der Waals surface area contributed by atoms with Crippen LogP contribution in [0.3, 0.4) is 0 Å². The van der Waals surface area contributed by atoms with Crippen LogP contribution in [0.15, 0.2) is 39.5 Å². The largest absolute Gasteiger partial charge is 0.240 e. The third-order valence-electron chi connectivity index (χ3n) is 2.33. The lowest BCUT2D eigenvalue weighted by Crippen LogP contribution is -1.82. The Labute approximate surface area is 121 Å². The molecule has 0 saturated heterocycles. The van der Waals surface area contributed by atoms with Crippen molar-refractivity contribution < 1.29 is 4.39 Å². The van der Waals surface area contributed by atoms with E-state index in [4.69, 9.17) is 0 Å². The number of nitrogens with zero attached hydrogens (tertiary/aromatic N) is 3. The number of hydrogen-bond donors (Lipinski definition) is 0. The Kier molecular flexibility index (Phi) is 3.86. The van der Waals surface area contributed by atoms with Crippen molar-refractivity contribution in [2.24, 2.45) is 0 Å². The van der Waals surface area contributed by atoms with Gasteiger partial charge in [-0.2, -0.15) is 0 Å². The Bertz CT molecular complexity index is 649. The van der Waals surface area contributed by atoms with Crippen LogP contribution in [-0.2, 0) is 5.75 Å². The molecular weight excluding hydrogens is 301 g/mol. The van der Waals surface area contributed by atoms with E-state index in [0.717, 1.165) is 26.4 Å². The van der Waals surface area contributed by atoms with Gasteiger partial charge in [0, 0.05) is 16.7 Å². The second-order valence-electron chi connectivity index (χ2n) is 3.64. The normalized spacial score (nSPS) is 10.8. The molecule has 0 N–H and O–H groups in total. The van der Waals surface area contributed by atoms with Gasteiger partial charge < -0.3 is 0 Å². The van der Waals surface area contributed by atoms with E-state index in [1.807, 2.05) is 5.38 Å². The van der Waals surface area contributed by atoms with Gasteiger partial charge in [-0.25, -0.2) is 9.37 Å². The summed E-state index contributed by atoms with van der Waals surface area (Å²) in [7, 11) is 0. The van der Waals surface area contributed by atoms with Crippen LogP contribution in [0.5, 0.6) is 0 Å². The van der Waals surface area contributed by atoms with Gasteiger partial charge in [-0.1, -0.05) is 23.1 Å². The first-order chi connectivity index (χ1) is 9.31. The fourth-order valence-electron chi connectivity index (χ4n) is 1.46. The smallest absolute Gasteiger partial charge is 0.174 e. The predicted molar refractivity (Wildman–Crippen MR) is 77.0 cm³/mol. The Hall–Kier alpha value is -1.31. The molecule has 0 saturated carbocycles. The molecule has 0 aliphatic carbocycles. The first-order valence-corrected chi connectivity index (χ1v) is 8.15. The van der Waals surface area contributed by atoms with Crippen molar-refractivity contribution in [2.75, 3.05) is 0 Å². The average molecular weight is 309 g/mol. The first-order valence-electron chi connectivity index (χ1n) is 5.40. The number of rotatable bonds is 4. The van der Waals surface area contributed by atoms with Crippen LogP contribution in [0.1, 0.15) is 5.69 Å². The lowest BCUT2D eigenvalue weighted by molar-refractivity contribution is 0.628. The van der Waals surface area contributed by atoms with E-state index in [9.17, 15) is 4.39 Å². The molecule has 3 nitrogen and oxygen atoms in total. The highest BCUT2D eigenvalue weighted by atomic mass is 32.2. The van der Waals surface area contributed by atoms with E-state index < -0.39 is 0 Å². The Balaban J connectivity index is 1.70. The van der Waals surface area contributed by atoms with E-state index in [0.29, 0.717) is 0 Å². The van der Waals surface area contributed by atoms with Gasteiger partial charge in [-0.3, -0.25) is 0 Å². The summed E-state index contributed by atoms with van der Waals surface area (Å²) in [4.78, 5) is 4.54. The molecule has 0 aliphatic rings. The van der Waals surface area contributed by atoms with E-state index in [1.165, 1.54) is 23.5 Å². The minimum Gasteiger partial charge on any atom is -0.240 e. The molecule has 0 unspecified atom stereocenters. The SMILES string of the molecule is Fc1ccc(-c2nc(CSc3nncs3)cs2)cc1. The molecule has 0 amide bonds.